The Morgan fingerprint density at radius 3 is 0.602 bits per heavy atom. The van der Waals surface area contributed by atoms with Gasteiger partial charge >= 0.3 is 17.9 Å². The van der Waals surface area contributed by atoms with E-state index in [0.717, 1.165) is 57.8 Å². The van der Waals surface area contributed by atoms with Gasteiger partial charge in [0.1, 0.15) is 13.2 Å². The molecular formula is C77H148O6. The molecule has 0 aromatic heterocycles. The zero-order valence-corrected chi connectivity index (χ0v) is 56.8. The van der Waals surface area contributed by atoms with E-state index in [-0.39, 0.29) is 31.1 Å². The monoisotopic (exact) mass is 1170 g/mol. The summed E-state index contributed by atoms with van der Waals surface area (Å²) in [6, 6.07) is 0. The van der Waals surface area contributed by atoms with E-state index in [1.807, 2.05) is 0 Å². The molecule has 0 N–H and O–H groups in total. The van der Waals surface area contributed by atoms with Gasteiger partial charge in [-0.3, -0.25) is 14.4 Å². The van der Waals surface area contributed by atoms with Gasteiger partial charge in [-0.1, -0.05) is 392 Å². The summed E-state index contributed by atoms with van der Waals surface area (Å²) in [5.41, 5.74) is 0. The summed E-state index contributed by atoms with van der Waals surface area (Å²) in [7, 11) is 0. The van der Waals surface area contributed by atoms with Crippen molar-refractivity contribution in [1.29, 1.82) is 0 Å². The molecule has 0 amide bonds. The molecule has 0 aromatic carbocycles. The summed E-state index contributed by atoms with van der Waals surface area (Å²) in [5, 5.41) is 0. The van der Waals surface area contributed by atoms with Crippen molar-refractivity contribution in [3.05, 3.63) is 12.2 Å². The van der Waals surface area contributed by atoms with Crippen LogP contribution >= 0.6 is 0 Å². The van der Waals surface area contributed by atoms with Crippen molar-refractivity contribution >= 4 is 17.9 Å². The van der Waals surface area contributed by atoms with Crippen molar-refractivity contribution in [1.82, 2.24) is 0 Å². The molecule has 0 saturated heterocycles. The Hall–Kier alpha value is -1.85. The van der Waals surface area contributed by atoms with Crippen molar-refractivity contribution in [3.8, 4) is 0 Å². The first-order valence-electron chi connectivity index (χ1n) is 38.2. The van der Waals surface area contributed by atoms with Crippen LogP contribution in [0.5, 0.6) is 0 Å². The van der Waals surface area contributed by atoms with Gasteiger partial charge in [0, 0.05) is 19.3 Å². The van der Waals surface area contributed by atoms with Gasteiger partial charge in [-0.2, -0.15) is 0 Å². The number of rotatable bonds is 72. The zero-order chi connectivity index (χ0) is 59.9. The van der Waals surface area contributed by atoms with Crippen LogP contribution in [0.2, 0.25) is 0 Å². The van der Waals surface area contributed by atoms with Crippen molar-refractivity contribution in [2.45, 2.75) is 451 Å². The van der Waals surface area contributed by atoms with Gasteiger partial charge in [0.05, 0.1) is 0 Å². The Morgan fingerprint density at radius 1 is 0.229 bits per heavy atom. The van der Waals surface area contributed by atoms with Gasteiger partial charge in [0.15, 0.2) is 6.10 Å². The molecule has 0 aliphatic heterocycles. The first kappa shape index (κ1) is 81.2. The molecule has 0 aromatic rings. The highest BCUT2D eigenvalue weighted by Gasteiger charge is 2.20. The molecule has 1 atom stereocenters. The maximum Gasteiger partial charge on any atom is 0.306 e. The second-order valence-corrected chi connectivity index (χ2v) is 26.3. The summed E-state index contributed by atoms with van der Waals surface area (Å²) in [4.78, 5) is 38.5. The summed E-state index contributed by atoms with van der Waals surface area (Å²) in [6.07, 6.45) is 88.3. The third-order valence-electron chi connectivity index (χ3n) is 17.8. The van der Waals surface area contributed by atoms with Crippen LogP contribution in [0.1, 0.15) is 445 Å². The number of carbonyl (C=O) groups excluding carboxylic acids is 3. The third-order valence-corrected chi connectivity index (χ3v) is 17.8. The maximum absolute atomic E-state index is 13.0. The van der Waals surface area contributed by atoms with Crippen LogP contribution < -0.4 is 0 Å². The Morgan fingerprint density at radius 2 is 0.398 bits per heavy atom. The number of hydrogen-bond donors (Lipinski definition) is 0. The fourth-order valence-electron chi connectivity index (χ4n) is 12.0. The fraction of sp³-hybridized carbons (Fsp3) is 0.935. The van der Waals surface area contributed by atoms with Crippen molar-refractivity contribution in [3.63, 3.8) is 0 Å². The van der Waals surface area contributed by atoms with Crippen LogP contribution in [0.25, 0.3) is 0 Å². The highest BCUT2D eigenvalue weighted by atomic mass is 16.6. The number of hydrogen-bond acceptors (Lipinski definition) is 6. The summed E-state index contributed by atoms with van der Waals surface area (Å²) in [5.74, 6) is -0.819. The largest absolute Gasteiger partial charge is 0.462 e. The smallest absolute Gasteiger partial charge is 0.306 e. The number of esters is 3. The Kier molecular flexibility index (Phi) is 71.0. The molecule has 492 valence electrons. The highest BCUT2D eigenvalue weighted by Crippen LogP contribution is 2.20. The topological polar surface area (TPSA) is 78.9 Å². The lowest BCUT2D eigenvalue weighted by molar-refractivity contribution is -0.167. The Bertz CT molecular complexity index is 1300. The minimum absolute atomic E-state index is 0.0615. The summed E-state index contributed by atoms with van der Waals surface area (Å²) < 4.78 is 17.1. The fourth-order valence-corrected chi connectivity index (χ4v) is 12.0. The average molecular weight is 1170 g/mol. The zero-order valence-electron chi connectivity index (χ0n) is 56.8. The summed E-state index contributed by atoms with van der Waals surface area (Å²) in [6.45, 7) is 6.75. The number of unbranched alkanes of at least 4 members (excludes halogenated alkanes) is 59. The Balaban J connectivity index is 4.19. The lowest BCUT2D eigenvalue weighted by atomic mass is 10.0. The van der Waals surface area contributed by atoms with E-state index in [1.165, 1.54) is 347 Å². The van der Waals surface area contributed by atoms with Crippen LogP contribution in [-0.2, 0) is 28.6 Å². The van der Waals surface area contributed by atoms with E-state index in [2.05, 4.69) is 32.9 Å². The van der Waals surface area contributed by atoms with Crippen molar-refractivity contribution < 1.29 is 28.6 Å². The van der Waals surface area contributed by atoms with E-state index in [1.54, 1.807) is 0 Å². The maximum atomic E-state index is 13.0. The Labute approximate surface area is 520 Å². The standard InChI is InChI=1S/C77H148O6/c1-4-7-10-13-16-19-22-25-28-31-33-35-36-37-38-39-40-41-42-43-45-46-49-52-55-58-61-64-67-70-76(79)82-73-74(72-81-75(78)69-66-63-60-57-54-51-48-30-27-24-21-18-15-12-9-6-3)83-77(80)71-68-65-62-59-56-53-50-47-44-34-32-29-26-23-20-17-14-11-8-5-2/h31,33,74H,4-30,32,34-73H2,1-3H3/b33-31-. The molecule has 0 bridgehead atoms. The predicted octanol–water partition coefficient (Wildman–Crippen LogP) is 26.3. The highest BCUT2D eigenvalue weighted by molar-refractivity contribution is 5.71. The lowest BCUT2D eigenvalue weighted by Gasteiger charge is -2.18. The van der Waals surface area contributed by atoms with Gasteiger partial charge in [0.2, 0.25) is 0 Å². The molecule has 0 saturated carbocycles. The predicted molar refractivity (Wildman–Crippen MR) is 363 cm³/mol. The molecule has 83 heavy (non-hydrogen) atoms. The molecule has 0 rings (SSSR count). The van der Waals surface area contributed by atoms with Crippen LogP contribution in [0.4, 0.5) is 0 Å². The molecular weight excluding hydrogens is 1020 g/mol. The molecule has 6 nitrogen and oxygen atoms in total. The minimum Gasteiger partial charge on any atom is -0.462 e. The van der Waals surface area contributed by atoms with Gasteiger partial charge in [0.25, 0.3) is 0 Å². The summed E-state index contributed by atoms with van der Waals surface area (Å²) >= 11 is 0. The molecule has 0 aliphatic rings. The minimum atomic E-state index is -0.766. The van der Waals surface area contributed by atoms with Crippen LogP contribution in [0.3, 0.4) is 0 Å². The van der Waals surface area contributed by atoms with Gasteiger partial charge in [-0.15, -0.1) is 0 Å². The average Bonchev–Trinajstić information content (AvgIpc) is 3.50. The first-order valence-corrected chi connectivity index (χ1v) is 38.2. The number of allylic oxidation sites excluding steroid dienone is 2. The van der Waals surface area contributed by atoms with Gasteiger partial charge in [-0.25, -0.2) is 0 Å². The second kappa shape index (κ2) is 72.6. The number of carbonyl (C=O) groups is 3. The van der Waals surface area contributed by atoms with E-state index in [0.29, 0.717) is 19.3 Å². The molecule has 0 fully saturated rings. The van der Waals surface area contributed by atoms with Gasteiger partial charge in [-0.05, 0) is 44.9 Å². The van der Waals surface area contributed by atoms with E-state index >= 15 is 0 Å². The quantitative estimate of drug-likeness (QED) is 0.0261. The van der Waals surface area contributed by atoms with Crippen LogP contribution in [0.15, 0.2) is 12.2 Å². The van der Waals surface area contributed by atoms with E-state index < -0.39 is 6.10 Å². The number of ether oxygens (including phenoxy) is 3. The normalized spacial score (nSPS) is 12.0. The first-order chi connectivity index (χ1) is 41.0. The van der Waals surface area contributed by atoms with Crippen LogP contribution in [0, 0.1) is 0 Å². The van der Waals surface area contributed by atoms with Crippen LogP contribution in [-0.4, -0.2) is 37.2 Å². The SMILES string of the molecule is CCCCCCCCCC/C=C\CCCCCCCCCCCCCCCCCCCC(=O)OCC(COC(=O)CCCCCCCCCCCCCCCCCC)OC(=O)CCCCCCCCCCCCCCCCCCCCCC. The lowest BCUT2D eigenvalue weighted by Crippen LogP contribution is -2.30. The molecule has 0 aliphatic carbocycles. The molecule has 0 heterocycles. The van der Waals surface area contributed by atoms with E-state index in [4.69, 9.17) is 14.2 Å². The van der Waals surface area contributed by atoms with Crippen molar-refractivity contribution in [2.75, 3.05) is 13.2 Å². The van der Waals surface area contributed by atoms with E-state index in [9.17, 15) is 14.4 Å². The molecule has 6 heteroatoms. The van der Waals surface area contributed by atoms with Crippen molar-refractivity contribution in [2.24, 2.45) is 0 Å². The third kappa shape index (κ3) is 70.8. The second-order valence-electron chi connectivity index (χ2n) is 26.3. The van der Waals surface area contributed by atoms with Gasteiger partial charge < -0.3 is 14.2 Å². The molecule has 0 radical (unpaired) electrons. The molecule has 1 unspecified atom stereocenters. The molecule has 0 spiro atoms.